The molecule has 128 valence electrons. The zero-order valence-electron chi connectivity index (χ0n) is 14.0. The molecule has 0 atom stereocenters. The number of rotatable bonds is 3. The molecule has 0 unspecified atom stereocenters. The van der Waals surface area contributed by atoms with E-state index in [1.807, 2.05) is 49.4 Å². The maximum Gasteiger partial charge on any atom is 0.272 e. The molecule has 0 aliphatic carbocycles. The number of aryl methyl sites for hydroxylation is 1. The van der Waals surface area contributed by atoms with Crippen molar-refractivity contribution < 1.29 is 13.9 Å². The lowest BCUT2D eigenvalue weighted by Crippen LogP contribution is -2.41. The Morgan fingerprint density at radius 2 is 1.84 bits per heavy atom. The molecule has 0 spiro atoms. The molecule has 1 aromatic carbocycles. The minimum Gasteiger partial charge on any atom is -0.460 e. The van der Waals surface area contributed by atoms with Gasteiger partial charge in [-0.15, -0.1) is 0 Å². The predicted octanol–water partition coefficient (Wildman–Crippen LogP) is 2.91. The van der Waals surface area contributed by atoms with E-state index >= 15 is 0 Å². The van der Waals surface area contributed by atoms with E-state index in [9.17, 15) is 4.79 Å². The summed E-state index contributed by atoms with van der Waals surface area (Å²) in [6.45, 7) is 4.20. The van der Waals surface area contributed by atoms with Crippen LogP contribution < -0.4 is 0 Å². The number of hydrogen-bond acceptors (Lipinski definition) is 4. The normalized spacial score (nSPS) is 14.7. The molecule has 0 bridgehead atoms. The van der Waals surface area contributed by atoms with Gasteiger partial charge < -0.3 is 14.1 Å². The highest BCUT2D eigenvalue weighted by Gasteiger charge is 2.24. The number of benzene rings is 1. The Morgan fingerprint density at radius 3 is 2.52 bits per heavy atom. The Hall–Kier alpha value is -2.86. The van der Waals surface area contributed by atoms with Crippen LogP contribution in [0.5, 0.6) is 0 Å². The minimum atomic E-state index is -0.0471. The van der Waals surface area contributed by atoms with Gasteiger partial charge in [-0.05, 0) is 31.2 Å². The lowest BCUT2D eigenvalue weighted by Gasteiger charge is -2.26. The van der Waals surface area contributed by atoms with Gasteiger partial charge in [0.05, 0.1) is 18.9 Å². The van der Waals surface area contributed by atoms with Crippen molar-refractivity contribution in [3.63, 3.8) is 0 Å². The second-order valence-corrected chi connectivity index (χ2v) is 5.98. The number of amides is 1. The third-order valence-electron chi connectivity index (χ3n) is 4.22. The van der Waals surface area contributed by atoms with E-state index in [-0.39, 0.29) is 5.91 Å². The molecule has 0 saturated carbocycles. The average molecular weight is 337 g/mol. The first-order valence-corrected chi connectivity index (χ1v) is 8.32. The molecule has 1 aliphatic heterocycles. The van der Waals surface area contributed by atoms with Gasteiger partial charge in [0.2, 0.25) is 0 Å². The van der Waals surface area contributed by atoms with E-state index in [2.05, 4.69) is 5.10 Å². The average Bonchev–Trinajstić information content (AvgIpc) is 3.29. The fourth-order valence-electron chi connectivity index (χ4n) is 2.92. The molecule has 0 N–H and O–H groups in total. The maximum absolute atomic E-state index is 13.0. The van der Waals surface area contributed by atoms with Crippen molar-refractivity contribution in [2.75, 3.05) is 26.3 Å². The minimum absolute atomic E-state index is 0.0471. The van der Waals surface area contributed by atoms with Crippen molar-refractivity contribution in [1.82, 2.24) is 14.7 Å². The zero-order chi connectivity index (χ0) is 17.2. The van der Waals surface area contributed by atoms with E-state index < -0.39 is 0 Å². The molecule has 2 aromatic heterocycles. The number of hydrogen-bond donors (Lipinski definition) is 0. The maximum atomic E-state index is 13.0. The fourth-order valence-corrected chi connectivity index (χ4v) is 2.92. The number of nitrogens with zero attached hydrogens (tertiary/aromatic N) is 3. The van der Waals surface area contributed by atoms with Crippen LogP contribution in [-0.2, 0) is 4.74 Å². The number of morpholine rings is 1. The number of ether oxygens (including phenoxy) is 1. The lowest BCUT2D eigenvalue weighted by molar-refractivity contribution is 0.0297. The van der Waals surface area contributed by atoms with Crippen LogP contribution in [0, 0.1) is 6.92 Å². The summed E-state index contributed by atoms with van der Waals surface area (Å²) in [7, 11) is 0. The molecular weight excluding hydrogens is 318 g/mol. The molecule has 1 aliphatic rings. The summed E-state index contributed by atoms with van der Waals surface area (Å²) in [5.74, 6) is 1.42. The quantitative estimate of drug-likeness (QED) is 0.737. The van der Waals surface area contributed by atoms with Crippen LogP contribution in [0.2, 0.25) is 0 Å². The van der Waals surface area contributed by atoms with E-state index in [4.69, 9.17) is 9.15 Å². The SMILES string of the molecule is Cc1ccc(-c2cc(C(=O)N3CCOCC3)n(-c3ccccc3)n2)o1. The second kappa shape index (κ2) is 6.57. The Kier molecular flexibility index (Phi) is 4.11. The number of carbonyl (C=O) groups is 1. The molecule has 0 radical (unpaired) electrons. The number of furan rings is 1. The van der Waals surface area contributed by atoms with E-state index in [1.165, 1.54) is 0 Å². The first-order chi connectivity index (χ1) is 12.2. The largest absolute Gasteiger partial charge is 0.460 e. The van der Waals surface area contributed by atoms with Crippen LogP contribution in [0.3, 0.4) is 0 Å². The molecular formula is C19H19N3O3. The van der Waals surface area contributed by atoms with Crippen molar-refractivity contribution in [3.05, 3.63) is 60.0 Å². The van der Waals surface area contributed by atoms with Crippen LogP contribution in [0.15, 0.2) is 52.9 Å². The van der Waals surface area contributed by atoms with Gasteiger partial charge in [0.25, 0.3) is 5.91 Å². The summed E-state index contributed by atoms with van der Waals surface area (Å²) >= 11 is 0. The van der Waals surface area contributed by atoms with Gasteiger partial charge in [0, 0.05) is 19.2 Å². The highest BCUT2D eigenvalue weighted by Crippen LogP contribution is 2.24. The van der Waals surface area contributed by atoms with Gasteiger partial charge in [-0.25, -0.2) is 4.68 Å². The smallest absolute Gasteiger partial charge is 0.272 e. The Balaban J connectivity index is 1.77. The number of carbonyl (C=O) groups excluding carboxylic acids is 1. The second-order valence-electron chi connectivity index (χ2n) is 5.98. The van der Waals surface area contributed by atoms with Gasteiger partial charge in [-0.1, -0.05) is 18.2 Å². The van der Waals surface area contributed by atoms with Gasteiger partial charge in [-0.3, -0.25) is 4.79 Å². The summed E-state index contributed by atoms with van der Waals surface area (Å²) in [4.78, 5) is 14.8. The highest BCUT2D eigenvalue weighted by atomic mass is 16.5. The monoisotopic (exact) mass is 337 g/mol. The van der Waals surface area contributed by atoms with Crippen LogP contribution in [0.1, 0.15) is 16.2 Å². The molecule has 4 rings (SSSR count). The van der Waals surface area contributed by atoms with Gasteiger partial charge in [0.15, 0.2) is 5.76 Å². The van der Waals surface area contributed by atoms with Crippen molar-refractivity contribution in [1.29, 1.82) is 0 Å². The number of aromatic nitrogens is 2. The molecule has 3 heterocycles. The molecule has 3 aromatic rings. The van der Waals surface area contributed by atoms with Crippen molar-refractivity contribution in [2.24, 2.45) is 0 Å². The fraction of sp³-hybridized carbons (Fsp3) is 0.263. The lowest BCUT2D eigenvalue weighted by atomic mass is 10.2. The predicted molar refractivity (Wildman–Crippen MR) is 92.7 cm³/mol. The van der Waals surface area contributed by atoms with Crippen LogP contribution in [0.25, 0.3) is 17.1 Å². The van der Waals surface area contributed by atoms with Crippen LogP contribution >= 0.6 is 0 Å². The standard InChI is InChI=1S/C19H19N3O3/c1-14-7-8-18(25-14)16-13-17(19(23)21-9-11-24-12-10-21)22(20-16)15-5-3-2-4-6-15/h2-8,13H,9-12H2,1H3. The Morgan fingerprint density at radius 1 is 1.08 bits per heavy atom. The molecule has 6 nitrogen and oxygen atoms in total. The Bertz CT molecular complexity index is 876. The van der Waals surface area contributed by atoms with Crippen molar-refractivity contribution >= 4 is 5.91 Å². The Labute approximate surface area is 145 Å². The van der Waals surface area contributed by atoms with Crippen molar-refractivity contribution in [2.45, 2.75) is 6.92 Å². The first kappa shape index (κ1) is 15.7. The van der Waals surface area contributed by atoms with Crippen LogP contribution in [0.4, 0.5) is 0 Å². The van der Waals surface area contributed by atoms with Gasteiger partial charge >= 0.3 is 0 Å². The molecule has 25 heavy (non-hydrogen) atoms. The summed E-state index contributed by atoms with van der Waals surface area (Å²) < 4.78 is 12.7. The van der Waals surface area contributed by atoms with Gasteiger partial charge in [0.1, 0.15) is 17.1 Å². The van der Waals surface area contributed by atoms with Gasteiger partial charge in [-0.2, -0.15) is 5.10 Å². The molecule has 6 heteroatoms. The summed E-state index contributed by atoms with van der Waals surface area (Å²) in [6, 6.07) is 15.2. The highest BCUT2D eigenvalue weighted by molar-refractivity contribution is 5.94. The zero-order valence-corrected chi connectivity index (χ0v) is 14.0. The number of para-hydroxylation sites is 1. The summed E-state index contributed by atoms with van der Waals surface area (Å²) in [5, 5.41) is 4.62. The molecule has 1 amide bonds. The van der Waals surface area contributed by atoms with E-state index in [1.54, 1.807) is 15.6 Å². The van der Waals surface area contributed by atoms with E-state index in [0.29, 0.717) is 43.5 Å². The van der Waals surface area contributed by atoms with Crippen LogP contribution in [-0.4, -0.2) is 46.9 Å². The molecule has 1 fully saturated rings. The molecule has 1 saturated heterocycles. The summed E-state index contributed by atoms with van der Waals surface area (Å²) in [6.07, 6.45) is 0. The van der Waals surface area contributed by atoms with Crippen molar-refractivity contribution in [3.8, 4) is 17.1 Å². The first-order valence-electron chi connectivity index (χ1n) is 8.32. The third-order valence-corrected chi connectivity index (χ3v) is 4.22. The summed E-state index contributed by atoms with van der Waals surface area (Å²) in [5.41, 5.74) is 2.01. The van der Waals surface area contributed by atoms with E-state index in [0.717, 1.165) is 11.4 Å². The topological polar surface area (TPSA) is 60.5 Å². The third kappa shape index (κ3) is 3.08.